The summed E-state index contributed by atoms with van der Waals surface area (Å²) in [7, 11) is 2.01. The van der Waals surface area contributed by atoms with E-state index in [-0.39, 0.29) is 6.03 Å². The molecule has 4 rings (SSSR count). The summed E-state index contributed by atoms with van der Waals surface area (Å²) >= 11 is 0. The van der Waals surface area contributed by atoms with Crippen LogP contribution in [0.5, 0.6) is 0 Å². The minimum atomic E-state index is -0.250. The molecular weight excluding hydrogens is 372 g/mol. The number of hydrogen-bond acceptors (Lipinski definition) is 2. The van der Waals surface area contributed by atoms with E-state index in [2.05, 4.69) is 50.8 Å². The van der Waals surface area contributed by atoms with E-state index < -0.39 is 0 Å². The number of fused-ring (bicyclic) bond motifs is 1. The molecule has 152 valence electrons. The molecule has 0 spiro atoms. The minimum Gasteiger partial charge on any atom is -0.351 e. The lowest BCUT2D eigenvalue weighted by molar-refractivity contribution is 0.262. The van der Waals surface area contributed by atoms with Gasteiger partial charge in [0.05, 0.1) is 0 Å². The maximum Gasteiger partial charge on any atom is 0.323 e. The Balaban J connectivity index is 1.29. The van der Waals surface area contributed by atoms with Gasteiger partial charge in [0, 0.05) is 42.1 Å². The average molecular weight is 399 g/mol. The summed E-state index contributed by atoms with van der Waals surface area (Å²) in [6.07, 6.45) is 3.00. The molecule has 0 aliphatic carbocycles. The summed E-state index contributed by atoms with van der Waals surface area (Å²) in [6, 6.07) is 26.0. The van der Waals surface area contributed by atoms with E-state index in [9.17, 15) is 4.79 Å². The Hall–Kier alpha value is -3.57. The second-order valence-corrected chi connectivity index (χ2v) is 7.39. The standard InChI is InChI=1S/C25H26N4O/c1-29-15-13-21-17-23(10-11-24(21)29)28-25(30)27-22-9-5-8-20(16-22)18-26-14-12-19-6-3-2-4-7-19/h2-11,13,15-17,26H,12,14,18H2,1H3,(H2,27,28,30). The first kappa shape index (κ1) is 19.7. The Morgan fingerprint density at radius 3 is 2.43 bits per heavy atom. The van der Waals surface area contributed by atoms with Gasteiger partial charge >= 0.3 is 6.03 Å². The highest BCUT2D eigenvalue weighted by Gasteiger charge is 2.05. The molecule has 5 heteroatoms. The normalized spacial score (nSPS) is 10.8. The number of nitrogens with one attached hydrogen (secondary N) is 3. The van der Waals surface area contributed by atoms with E-state index >= 15 is 0 Å². The van der Waals surface area contributed by atoms with Gasteiger partial charge in [0.25, 0.3) is 0 Å². The van der Waals surface area contributed by atoms with Crippen molar-refractivity contribution in [1.82, 2.24) is 9.88 Å². The van der Waals surface area contributed by atoms with Crippen molar-refractivity contribution in [3.63, 3.8) is 0 Å². The number of anilines is 2. The van der Waals surface area contributed by atoms with E-state index in [4.69, 9.17) is 0 Å². The third kappa shape index (κ3) is 5.07. The molecule has 0 unspecified atom stereocenters. The minimum absolute atomic E-state index is 0.250. The summed E-state index contributed by atoms with van der Waals surface area (Å²) in [6.45, 7) is 1.67. The van der Waals surface area contributed by atoms with E-state index in [0.717, 1.165) is 47.4 Å². The zero-order chi connectivity index (χ0) is 20.8. The van der Waals surface area contributed by atoms with Crippen LogP contribution >= 0.6 is 0 Å². The summed E-state index contributed by atoms with van der Waals surface area (Å²) < 4.78 is 2.05. The third-order valence-corrected chi connectivity index (χ3v) is 5.09. The second kappa shape index (κ2) is 9.29. The molecule has 0 saturated carbocycles. The SMILES string of the molecule is Cn1ccc2cc(NC(=O)Nc3cccc(CNCCc4ccccc4)c3)ccc21. The zero-order valence-electron chi connectivity index (χ0n) is 17.1. The Kier molecular flexibility index (Phi) is 6.11. The molecule has 1 aromatic heterocycles. The maximum absolute atomic E-state index is 12.4. The molecule has 0 aliphatic rings. The lowest BCUT2D eigenvalue weighted by atomic mass is 10.1. The van der Waals surface area contributed by atoms with Crippen molar-refractivity contribution in [3.8, 4) is 0 Å². The Bertz CT molecular complexity index is 1130. The van der Waals surface area contributed by atoms with Crippen LogP contribution in [-0.2, 0) is 20.0 Å². The number of nitrogens with zero attached hydrogens (tertiary/aromatic N) is 1. The lowest BCUT2D eigenvalue weighted by Crippen LogP contribution is -2.20. The summed E-state index contributed by atoms with van der Waals surface area (Å²) in [4.78, 5) is 12.4. The van der Waals surface area contributed by atoms with Gasteiger partial charge in [-0.1, -0.05) is 42.5 Å². The first-order valence-electron chi connectivity index (χ1n) is 10.1. The molecule has 0 saturated heterocycles. The second-order valence-electron chi connectivity index (χ2n) is 7.39. The van der Waals surface area contributed by atoms with Crippen LogP contribution in [0.4, 0.5) is 16.2 Å². The number of carbonyl (C=O) groups excluding carboxylic acids is 1. The van der Waals surface area contributed by atoms with Gasteiger partial charge in [-0.25, -0.2) is 4.79 Å². The molecule has 30 heavy (non-hydrogen) atoms. The van der Waals surface area contributed by atoms with Crippen molar-refractivity contribution in [1.29, 1.82) is 0 Å². The van der Waals surface area contributed by atoms with Crippen molar-refractivity contribution in [2.75, 3.05) is 17.2 Å². The van der Waals surface area contributed by atoms with E-state index in [1.807, 2.05) is 61.8 Å². The van der Waals surface area contributed by atoms with Crippen LogP contribution in [0.3, 0.4) is 0 Å². The summed E-state index contributed by atoms with van der Waals surface area (Å²) in [5.41, 5.74) is 5.13. The molecular formula is C25H26N4O. The number of hydrogen-bond donors (Lipinski definition) is 3. The van der Waals surface area contributed by atoms with Gasteiger partial charge < -0.3 is 20.5 Å². The fourth-order valence-corrected chi connectivity index (χ4v) is 3.52. The molecule has 3 aromatic carbocycles. The van der Waals surface area contributed by atoms with Crippen molar-refractivity contribution in [3.05, 3.63) is 96.2 Å². The zero-order valence-corrected chi connectivity index (χ0v) is 17.1. The maximum atomic E-state index is 12.4. The van der Waals surface area contributed by atoms with Crippen molar-refractivity contribution in [2.45, 2.75) is 13.0 Å². The van der Waals surface area contributed by atoms with Gasteiger partial charge in [0.1, 0.15) is 0 Å². The van der Waals surface area contributed by atoms with Crippen molar-refractivity contribution in [2.24, 2.45) is 7.05 Å². The van der Waals surface area contributed by atoms with Crippen molar-refractivity contribution < 1.29 is 4.79 Å². The van der Waals surface area contributed by atoms with Gasteiger partial charge in [-0.3, -0.25) is 0 Å². The van der Waals surface area contributed by atoms with Crippen molar-refractivity contribution >= 4 is 28.3 Å². The molecule has 0 fully saturated rings. The predicted molar refractivity (Wildman–Crippen MR) is 124 cm³/mol. The first-order chi connectivity index (χ1) is 14.7. The van der Waals surface area contributed by atoms with Gasteiger partial charge in [0.15, 0.2) is 0 Å². The highest BCUT2D eigenvalue weighted by molar-refractivity contribution is 6.01. The Labute approximate surface area is 176 Å². The number of carbonyl (C=O) groups is 1. The van der Waals surface area contributed by atoms with Crippen LogP contribution in [0.2, 0.25) is 0 Å². The number of rotatable bonds is 7. The topological polar surface area (TPSA) is 58.1 Å². The largest absolute Gasteiger partial charge is 0.351 e. The molecule has 0 aliphatic heterocycles. The van der Waals surface area contributed by atoms with E-state index in [1.54, 1.807) is 0 Å². The molecule has 2 amide bonds. The molecule has 3 N–H and O–H groups in total. The fourth-order valence-electron chi connectivity index (χ4n) is 3.52. The quantitative estimate of drug-likeness (QED) is 0.377. The molecule has 1 heterocycles. The van der Waals surface area contributed by atoms with Gasteiger partial charge in [0.2, 0.25) is 0 Å². The van der Waals surface area contributed by atoms with Crippen LogP contribution in [0, 0.1) is 0 Å². The molecule has 4 aromatic rings. The first-order valence-corrected chi connectivity index (χ1v) is 10.1. The molecule has 5 nitrogen and oxygen atoms in total. The van der Waals surface area contributed by atoms with Crippen LogP contribution in [0.15, 0.2) is 85.1 Å². The van der Waals surface area contributed by atoms with Gasteiger partial charge in [-0.05, 0) is 60.5 Å². The number of aromatic nitrogens is 1. The highest BCUT2D eigenvalue weighted by atomic mass is 16.2. The number of benzene rings is 3. The third-order valence-electron chi connectivity index (χ3n) is 5.09. The molecule has 0 bridgehead atoms. The van der Waals surface area contributed by atoms with Gasteiger partial charge in [-0.2, -0.15) is 0 Å². The average Bonchev–Trinajstić information content (AvgIpc) is 3.12. The lowest BCUT2D eigenvalue weighted by Gasteiger charge is -2.10. The monoisotopic (exact) mass is 398 g/mol. The number of amides is 2. The Morgan fingerprint density at radius 2 is 1.60 bits per heavy atom. The fraction of sp³-hybridized carbons (Fsp3) is 0.160. The smallest absolute Gasteiger partial charge is 0.323 e. The van der Waals surface area contributed by atoms with E-state index in [0.29, 0.717) is 0 Å². The van der Waals surface area contributed by atoms with Crippen LogP contribution in [0.25, 0.3) is 10.9 Å². The molecule has 0 atom stereocenters. The Morgan fingerprint density at radius 1 is 0.833 bits per heavy atom. The summed E-state index contributed by atoms with van der Waals surface area (Å²) in [5, 5.41) is 10.4. The number of aryl methyl sites for hydroxylation is 1. The highest BCUT2D eigenvalue weighted by Crippen LogP contribution is 2.20. The van der Waals surface area contributed by atoms with Crippen LogP contribution in [0.1, 0.15) is 11.1 Å². The van der Waals surface area contributed by atoms with E-state index in [1.165, 1.54) is 5.56 Å². The summed E-state index contributed by atoms with van der Waals surface area (Å²) in [5.74, 6) is 0. The predicted octanol–water partition coefficient (Wildman–Crippen LogP) is 5.15. The van der Waals surface area contributed by atoms with Crippen LogP contribution < -0.4 is 16.0 Å². The van der Waals surface area contributed by atoms with Gasteiger partial charge in [-0.15, -0.1) is 0 Å². The molecule has 0 radical (unpaired) electrons. The number of urea groups is 1. The van der Waals surface area contributed by atoms with Crippen LogP contribution in [-0.4, -0.2) is 17.1 Å².